The molecule has 0 spiro atoms. The molecule has 0 bridgehead atoms. The maximum atomic E-state index is 9.64. The maximum absolute atomic E-state index is 9.64. The topological polar surface area (TPSA) is 56.0 Å². The Morgan fingerprint density at radius 2 is 2.06 bits per heavy atom. The lowest BCUT2D eigenvalue weighted by Gasteiger charge is -2.37. The first-order valence-electron chi connectivity index (χ1n) is 6.28. The normalized spacial score (nSPS) is 18.1. The van der Waals surface area contributed by atoms with Gasteiger partial charge in [0.05, 0.1) is 34.5 Å². The molecule has 4 heteroatoms. The zero-order chi connectivity index (χ0) is 13.0. The van der Waals surface area contributed by atoms with Gasteiger partial charge >= 0.3 is 0 Å². The fourth-order valence-electron chi connectivity index (χ4n) is 2.52. The van der Waals surface area contributed by atoms with E-state index in [-0.39, 0.29) is 12.1 Å². The summed E-state index contributed by atoms with van der Waals surface area (Å²) in [5, 5.41) is 22.3. The summed E-state index contributed by atoms with van der Waals surface area (Å²) in [5.41, 5.74) is 1.09. The lowest BCUT2D eigenvalue weighted by Crippen LogP contribution is -2.43. The SMILES string of the molecule is N#Cc1ccc(NC2(CO)CCCCC2)c(Cl)c1. The third-order valence-corrected chi connectivity index (χ3v) is 3.92. The molecule has 96 valence electrons. The summed E-state index contributed by atoms with van der Waals surface area (Å²) in [7, 11) is 0. The van der Waals surface area contributed by atoms with Crippen molar-refractivity contribution in [2.45, 2.75) is 37.6 Å². The molecular weight excluding hydrogens is 248 g/mol. The highest BCUT2D eigenvalue weighted by Crippen LogP contribution is 2.34. The van der Waals surface area contributed by atoms with Gasteiger partial charge < -0.3 is 10.4 Å². The first-order chi connectivity index (χ1) is 8.69. The van der Waals surface area contributed by atoms with Crippen LogP contribution in [0.4, 0.5) is 5.69 Å². The summed E-state index contributed by atoms with van der Waals surface area (Å²) < 4.78 is 0. The van der Waals surface area contributed by atoms with E-state index < -0.39 is 0 Å². The second-order valence-corrected chi connectivity index (χ2v) is 5.34. The number of hydrogen-bond donors (Lipinski definition) is 2. The summed E-state index contributed by atoms with van der Waals surface area (Å²) in [4.78, 5) is 0. The maximum Gasteiger partial charge on any atom is 0.0992 e. The van der Waals surface area contributed by atoms with Crippen molar-refractivity contribution in [2.75, 3.05) is 11.9 Å². The molecule has 1 aromatic rings. The van der Waals surface area contributed by atoms with E-state index in [1.165, 1.54) is 6.42 Å². The van der Waals surface area contributed by atoms with Crippen molar-refractivity contribution in [1.82, 2.24) is 0 Å². The van der Waals surface area contributed by atoms with E-state index in [1.807, 2.05) is 6.07 Å². The highest BCUT2D eigenvalue weighted by Gasteiger charge is 2.31. The van der Waals surface area contributed by atoms with Gasteiger partial charge in [-0.25, -0.2) is 0 Å². The smallest absolute Gasteiger partial charge is 0.0992 e. The van der Waals surface area contributed by atoms with Crippen LogP contribution in [-0.4, -0.2) is 17.3 Å². The number of nitriles is 1. The van der Waals surface area contributed by atoms with Crippen LogP contribution < -0.4 is 5.32 Å². The molecule has 1 fully saturated rings. The average Bonchev–Trinajstić information content (AvgIpc) is 2.42. The zero-order valence-corrected chi connectivity index (χ0v) is 11.0. The molecule has 0 unspecified atom stereocenters. The molecule has 0 radical (unpaired) electrons. The summed E-state index contributed by atoms with van der Waals surface area (Å²) in [5.74, 6) is 0. The number of hydrogen-bond acceptors (Lipinski definition) is 3. The second kappa shape index (κ2) is 5.60. The Labute approximate surface area is 112 Å². The quantitative estimate of drug-likeness (QED) is 0.881. The standard InChI is InChI=1S/C14H17ClN2O/c15-12-8-11(9-16)4-5-13(12)17-14(10-18)6-2-1-3-7-14/h4-5,8,17-18H,1-3,6-7,10H2. The van der Waals surface area contributed by atoms with E-state index in [1.54, 1.807) is 12.1 Å². The molecule has 1 aromatic carbocycles. The van der Waals surface area contributed by atoms with Crippen molar-refractivity contribution in [3.63, 3.8) is 0 Å². The van der Waals surface area contributed by atoms with E-state index >= 15 is 0 Å². The molecule has 0 atom stereocenters. The average molecular weight is 265 g/mol. The Hall–Kier alpha value is -1.24. The molecule has 0 aromatic heterocycles. The van der Waals surface area contributed by atoms with Gasteiger partial charge in [0.25, 0.3) is 0 Å². The summed E-state index contributed by atoms with van der Waals surface area (Å²) >= 11 is 6.15. The first-order valence-corrected chi connectivity index (χ1v) is 6.66. The van der Waals surface area contributed by atoms with Crippen LogP contribution >= 0.6 is 11.6 Å². The summed E-state index contributed by atoms with van der Waals surface area (Å²) in [6, 6.07) is 7.26. The molecule has 2 rings (SSSR count). The van der Waals surface area contributed by atoms with Gasteiger partial charge in [-0.05, 0) is 31.0 Å². The van der Waals surface area contributed by atoms with Crippen LogP contribution in [-0.2, 0) is 0 Å². The minimum atomic E-state index is -0.254. The van der Waals surface area contributed by atoms with Gasteiger partial charge in [-0.15, -0.1) is 0 Å². The second-order valence-electron chi connectivity index (χ2n) is 4.93. The largest absolute Gasteiger partial charge is 0.394 e. The lowest BCUT2D eigenvalue weighted by atomic mass is 9.82. The molecule has 0 aliphatic heterocycles. The predicted molar refractivity (Wildman–Crippen MR) is 72.7 cm³/mol. The molecular formula is C14H17ClN2O. The molecule has 0 heterocycles. The van der Waals surface area contributed by atoms with Crippen LogP contribution in [0.5, 0.6) is 0 Å². The van der Waals surface area contributed by atoms with Crippen LogP contribution in [0.1, 0.15) is 37.7 Å². The number of anilines is 1. The van der Waals surface area contributed by atoms with Crippen molar-refractivity contribution < 1.29 is 5.11 Å². The Morgan fingerprint density at radius 3 is 2.61 bits per heavy atom. The number of rotatable bonds is 3. The van der Waals surface area contributed by atoms with E-state index in [0.717, 1.165) is 31.4 Å². The Bertz CT molecular complexity index is 461. The van der Waals surface area contributed by atoms with Crippen molar-refractivity contribution >= 4 is 17.3 Å². The van der Waals surface area contributed by atoms with Gasteiger partial charge in [0, 0.05) is 0 Å². The Balaban J connectivity index is 2.19. The Kier molecular flexibility index (Phi) is 4.11. The van der Waals surface area contributed by atoms with Gasteiger partial charge in [0.15, 0.2) is 0 Å². The first kappa shape index (κ1) is 13.2. The van der Waals surface area contributed by atoms with Gasteiger partial charge in [0.1, 0.15) is 0 Å². The molecule has 18 heavy (non-hydrogen) atoms. The number of aliphatic hydroxyl groups excluding tert-OH is 1. The summed E-state index contributed by atoms with van der Waals surface area (Å²) in [6.45, 7) is 0.114. The minimum absolute atomic E-state index is 0.114. The molecule has 0 amide bonds. The third-order valence-electron chi connectivity index (χ3n) is 3.61. The fraction of sp³-hybridized carbons (Fsp3) is 0.500. The third kappa shape index (κ3) is 2.77. The monoisotopic (exact) mass is 264 g/mol. The van der Waals surface area contributed by atoms with Crippen LogP contribution in [0.2, 0.25) is 5.02 Å². The number of benzene rings is 1. The Morgan fingerprint density at radius 1 is 1.33 bits per heavy atom. The molecule has 3 nitrogen and oxygen atoms in total. The summed E-state index contributed by atoms with van der Waals surface area (Å²) in [6.07, 6.45) is 5.40. The molecule has 1 aliphatic carbocycles. The fourth-order valence-corrected chi connectivity index (χ4v) is 2.75. The highest BCUT2D eigenvalue weighted by molar-refractivity contribution is 6.33. The van der Waals surface area contributed by atoms with Crippen LogP contribution in [0.25, 0.3) is 0 Å². The predicted octanol–water partition coefficient (Wildman–Crippen LogP) is 3.32. The minimum Gasteiger partial charge on any atom is -0.394 e. The van der Waals surface area contributed by atoms with Crippen molar-refractivity contribution in [1.29, 1.82) is 5.26 Å². The van der Waals surface area contributed by atoms with E-state index in [9.17, 15) is 5.11 Å². The van der Waals surface area contributed by atoms with Crippen molar-refractivity contribution in [2.24, 2.45) is 0 Å². The van der Waals surface area contributed by atoms with Crippen LogP contribution in [0, 0.1) is 11.3 Å². The number of nitrogens with one attached hydrogen (secondary N) is 1. The molecule has 2 N–H and O–H groups in total. The molecule has 1 saturated carbocycles. The van der Waals surface area contributed by atoms with E-state index in [0.29, 0.717) is 10.6 Å². The molecule has 0 saturated heterocycles. The number of nitrogens with zero attached hydrogens (tertiary/aromatic N) is 1. The van der Waals surface area contributed by atoms with Gasteiger partial charge in [-0.3, -0.25) is 0 Å². The lowest BCUT2D eigenvalue weighted by molar-refractivity contribution is 0.173. The van der Waals surface area contributed by atoms with Gasteiger partial charge in [-0.2, -0.15) is 5.26 Å². The van der Waals surface area contributed by atoms with Crippen LogP contribution in [0.3, 0.4) is 0 Å². The van der Waals surface area contributed by atoms with E-state index in [2.05, 4.69) is 11.4 Å². The van der Waals surface area contributed by atoms with Gasteiger partial charge in [-0.1, -0.05) is 30.9 Å². The number of aliphatic hydroxyl groups is 1. The van der Waals surface area contributed by atoms with Crippen LogP contribution in [0.15, 0.2) is 18.2 Å². The molecule has 1 aliphatic rings. The van der Waals surface area contributed by atoms with E-state index in [4.69, 9.17) is 16.9 Å². The van der Waals surface area contributed by atoms with Gasteiger partial charge in [0.2, 0.25) is 0 Å². The van der Waals surface area contributed by atoms with Crippen molar-refractivity contribution in [3.05, 3.63) is 28.8 Å². The zero-order valence-electron chi connectivity index (χ0n) is 10.2. The highest BCUT2D eigenvalue weighted by atomic mass is 35.5. The number of halogens is 1. The van der Waals surface area contributed by atoms with Crippen molar-refractivity contribution in [3.8, 4) is 6.07 Å².